The van der Waals surface area contributed by atoms with Crippen LogP contribution in [0, 0.1) is 69.2 Å². The normalized spacial score (nSPS) is 10.0. The summed E-state index contributed by atoms with van der Waals surface area (Å²) in [4.78, 5) is 0. The van der Waals surface area contributed by atoms with E-state index in [4.69, 9.17) is 0 Å². The van der Waals surface area contributed by atoms with Crippen molar-refractivity contribution in [1.82, 2.24) is 0 Å². The molecule has 1 heteroatoms. The summed E-state index contributed by atoms with van der Waals surface area (Å²) in [6, 6.07) is 0. The van der Waals surface area contributed by atoms with Crippen molar-refractivity contribution >= 4 is 0 Å². The maximum absolute atomic E-state index is 2.20. The Labute approximate surface area is 147 Å². The molecule has 0 unspecified atom stereocenters. The molecule has 0 N–H and O–H groups in total. The molecular weight excluding hydrogens is 333 g/mol. The average Bonchev–Trinajstić information content (AvgIpc) is 2.71. The van der Waals surface area contributed by atoms with Gasteiger partial charge < -0.3 is 0 Å². The van der Waals surface area contributed by atoms with E-state index in [1.807, 2.05) is 0 Å². The molecule has 2 aromatic rings. The van der Waals surface area contributed by atoms with Crippen LogP contribution in [0.1, 0.15) is 55.6 Å². The van der Waals surface area contributed by atoms with Crippen molar-refractivity contribution < 1.29 is 22.4 Å². The summed E-state index contributed by atoms with van der Waals surface area (Å²) in [7, 11) is 0. The van der Waals surface area contributed by atoms with Crippen molar-refractivity contribution in [3.05, 3.63) is 55.6 Å². The molecule has 0 amide bonds. The first-order valence-corrected chi connectivity index (χ1v) is 7.50. The van der Waals surface area contributed by atoms with Crippen LogP contribution < -0.4 is 0 Å². The largest absolute Gasteiger partial charge is 2.00 e. The molecule has 115 valence electrons. The van der Waals surface area contributed by atoms with Gasteiger partial charge in [0.25, 0.3) is 0 Å². The van der Waals surface area contributed by atoms with Gasteiger partial charge in [0.15, 0.2) is 0 Å². The fourth-order valence-corrected chi connectivity index (χ4v) is 2.81. The second kappa shape index (κ2) is 7.63. The Morgan fingerprint density at radius 3 is 0.619 bits per heavy atom. The van der Waals surface area contributed by atoms with E-state index >= 15 is 0 Å². The van der Waals surface area contributed by atoms with E-state index in [-0.39, 0.29) is 22.4 Å². The molecule has 0 atom stereocenters. The Morgan fingerprint density at radius 1 is 0.429 bits per heavy atom. The van der Waals surface area contributed by atoms with Crippen molar-refractivity contribution in [3.8, 4) is 0 Å². The van der Waals surface area contributed by atoms with Crippen molar-refractivity contribution in [2.45, 2.75) is 69.2 Å². The predicted octanol–water partition coefficient (Wildman–Crippen LogP) is 5.89. The zero-order chi connectivity index (χ0) is 15.8. The van der Waals surface area contributed by atoms with Gasteiger partial charge in [0.05, 0.1) is 0 Å². The van der Waals surface area contributed by atoms with Crippen LogP contribution in [0.3, 0.4) is 0 Å². The van der Waals surface area contributed by atoms with Crippen LogP contribution >= 0.6 is 0 Å². The van der Waals surface area contributed by atoms with Crippen LogP contribution in [0.4, 0.5) is 0 Å². The van der Waals surface area contributed by atoms with Crippen LogP contribution in [0.2, 0.25) is 0 Å². The molecule has 0 spiro atoms. The third kappa shape index (κ3) is 3.80. The van der Waals surface area contributed by atoms with Gasteiger partial charge in [0.2, 0.25) is 0 Å². The minimum atomic E-state index is 0. The molecule has 0 fully saturated rings. The zero-order valence-corrected chi connectivity index (χ0v) is 17.6. The van der Waals surface area contributed by atoms with E-state index in [2.05, 4.69) is 69.2 Å². The fourth-order valence-electron chi connectivity index (χ4n) is 2.81. The van der Waals surface area contributed by atoms with Crippen LogP contribution in [0.15, 0.2) is 0 Å². The molecule has 0 bridgehead atoms. The smallest absolute Gasteiger partial charge is 0.196 e. The molecule has 0 heterocycles. The fraction of sp³-hybridized carbons (Fsp3) is 0.500. The van der Waals surface area contributed by atoms with Gasteiger partial charge in [0, 0.05) is 0 Å². The Balaban J connectivity index is 0.000000364. The second-order valence-corrected chi connectivity index (χ2v) is 6.25. The van der Waals surface area contributed by atoms with Crippen LogP contribution in [0.5, 0.6) is 0 Å². The zero-order valence-electron chi connectivity index (χ0n) is 15.4. The Hall–Kier alpha value is -0.560. The first-order valence-electron chi connectivity index (χ1n) is 7.50. The van der Waals surface area contributed by atoms with Crippen LogP contribution in [0.25, 0.3) is 0 Å². The average molecular weight is 363 g/mol. The van der Waals surface area contributed by atoms with E-state index in [1.54, 1.807) is 0 Å². The van der Waals surface area contributed by atoms with Gasteiger partial charge in [-0.1, -0.05) is 69.2 Å². The van der Waals surface area contributed by atoms with Gasteiger partial charge in [-0.3, -0.25) is 0 Å². The van der Waals surface area contributed by atoms with Crippen LogP contribution in [-0.2, 0) is 22.4 Å². The summed E-state index contributed by atoms with van der Waals surface area (Å²) < 4.78 is 0. The molecule has 2 aromatic carbocycles. The SMILES string of the molecule is Cc1c(C)c(C)[c-](C)c1C.Cc1c(C)c(C)[c-](C)c1C.[Nb+2]. The third-order valence-corrected chi connectivity index (χ3v) is 5.62. The van der Waals surface area contributed by atoms with E-state index in [0.29, 0.717) is 0 Å². The summed E-state index contributed by atoms with van der Waals surface area (Å²) in [5, 5.41) is 0. The van der Waals surface area contributed by atoms with Gasteiger partial charge in [0.1, 0.15) is 0 Å². The summed E-state index contributed by atoms with van der Waals surface area (Å²) in [5.41, 5.74) is 14.7. The van der Waals surface area contributed by atoms with E-state index in [1.165, 1.54) is 55.6 Å². The standard InChI is InChI=1S/2C10H15.Nb/c2*1-6-7(2)9(4)10(5)8(6)3;/h2*1-5H3;/q2*-1;+2. The van der Waals surface area contributed by atoms with Crippen molar-refractivity contribution in [3.63, 3.8) is 0 Å². The molecule has 0 nitrogen and oxygen atoms in total. The number of hydrogen-bond acceptors (Lipinski definition) is 0. The molecule has 0 aliphatic carbocycles. The number of rotatable bonds is 0. The molecular formula is C20H30Nb. The maximum Gasteiger partial charge on any atom is 2.00 e. The quantitative estimate of drug-likeness (QED) is 0.404. The third-order valence-electron chi connectivity index (χ3n) is 5.62. The summed E-state index contributed by atoms with van der Waals surface area (Å²) in [6.07, 6.45) is 0. The van der Waals surface area contributed by atoms with Crippen molar-refractivity contribution in [2.24, 2.45) is 0 Å². The van der Waals surface area contributed by atoms with Gasteiger partial charge in [-0.25, -0.2) is 0 Å². The second-order valence-electron chi connectivity index (χ2n) is 6.25. The first kappa shape index (κ1) is 20.4. The summed E-state index contributed by atoms with van der Waals surface area (Å²) in [5.74, 6) is 0. The van der Waals surface area contributed by atoms with E-state index < -0.39 is 0 Å². The molecule has 21 heavy (non-hydrogen) atoms. The monoisotopic (exact) mass is 363 g/mol. The van der Waals surface area contributed by atoms with Crippen molar-refractivity contribution in [2.75, 3.05) is 0 Å². The minimum Gasteiger partial charge on any atom is -0.196 e. The molecule has 2 rings (SSSR count). The van der Waals surface area contributed by atoms with Gasteiger partial charge in [-0.15, -0.1) is 0 Å². The summed E-state index contributed by atoms with van der Waals surface area (Å²) in [6.45, 7) is 22.0. The Kier molecular flexibility index (Phi) is 7.42. The molecule has 1 radical (unpaired) electrons. The van der Waals surface area contributed by atoms with E-state index in [0.717, 1.165) is 0 Å². The molecule has 0 aliphatic rings. The molecule has 0 aromatic heterocycles. The Morgan fingerprint density at radius 2 is 0.571 bits per heavy atom. The Bertz CT molecular complexity index is 404. The molecule has 0 saturated heterocycles. The first-order chi connectivity index (χ1) is 9.11. The molecule has 0 saturated carbocycles. The summed E-state index contributed by atoms with van der Waals surface area (Å²) >= 11 is 0. The number of hydrogen-bond donors (Lipinski definition) is 0. The maximum atomic E-state index is 2.20. The van der Waals surface area contributed by atoms with Gasteiger partial charge >= 0.3 is 22.4 Å². The van der Waals surface area contributed by atoms with Gasteiger partial charge in [-0.05, 0) is 0 Å². The van der Waals surface area contributed by atoms with Crippen LogP contribution in [-0.4, -0.2) is 0 Å². The molecule has 0 aliphatic heterocycles. The topological polar surface area (TPSA) is 0 Å². The van der Waals surface area contributed by atoms with Crippen molar-refractivity contribution in [1.29, 1.82) is 0 Å². The minimum absolute atomic E-state index is 0. The van der Waals surface area contributed by atoms with Gasteiger partial charge in [-0.2, -0.15) is 55.6 Å². The van der Waals surface area contributed by atoms with E-state index in [9.17, 15) is 0 Å². The predicted molar refractivity (Wildman–Crippen MR) is 91.4 cm³/mol.